The predicted octanol–water partition coefficient (Wildman–Crippen LogP) is 0.601. The molecule has 0 bridgehead atoms. The SMILES string of the molecule is C=C[AsH](=O)Cl. The molecule has 5 heavy (non-hydrogen) atoms. The van der Waals surface area contributed by atoms with Crippen molar-refractivity contribution >= 4 is 23.6 Å². The van der Waals surface area contributed by atoms with Crippen LogP contribution >= 0.6 is 9.95 Å². The molecule has 0 saturated heterocycles. The first-order valence-electron chi connectivity index (χ1n) is 1.09. The Morgan fingerprint density at radius 3 is 2.20 bits per heavy atom. The normalized spacial score (nSPS) is 13.8. The predicted molar refractivity (Wildman–Crippen MR) is 23.9 cm³/mol. The van der Waals surface area contributed by atoms with Crippen LogP contribution in [0.2, 0.25) is 0 Å². The van der Waals surface area contributed by atoms with Gasteiger partial charge in [0.15, 0.2) is 0 Å². The summed E-state index contributed by atoms with van der Waals surface area (Å²) in [4.78, 5) is 1.29. The zero-order valence-corrected chi connectivity index (χ0v) is 5.42. The van der Waals surface area contributed by atoms with E-state index in [0.29, 0.717) is 0 Å². The van der Waals surface area contributed by atoms with E-state index >= 15 is 0 Å². The molecule has 1 unspecified atom stereocenters. The van der Waals surface area contributed by atoms with E-state index in [4.69, 9.17) is 9.95 Å². The van der Waals surface area contributed by atoms with Crippen LogP contribution < -0.4 is 0 Å². The maximum absolute atomic E-state index is 9.71. The zero-order chi connectivity index (χ0) is 4.28. The summed E-state index contributed by atoms with van der Waals surface area (Å²) in [7, 11) is 4.96. The Balaban J connectivity index is 3.20. The van der Waals surface area contributed by atoms with E-state index in [0.717, 1.165) is 0 Å². The van der Waals surface area contributed by atoms with E-state index in [9.17, 15) is 3.74 Å². The van der Waals surface area contributed by atoms with Gasteiger partial charge in [0.25, 0.3) is 0 Å². The first-order chi connectivity index (χ1) is 2.27. The molecule has 0 rings (SSSR count). The first-order valence-corrected chi connectivity index (χ1v) is 5.91. The molecule has 0 aromatic rings. The molecule has 1 nitrogen and oxygen atoms in total. The van der Waals surface area contributed by atoms with Crippen LogP contribution in [0.4, 0.5) is 0 Å². The van der Waals surface area contributed by atoms with Crippen LogP contribution in [-0.2, 0) is 3.74 Å². The summed E-state index contributed by atoms with van der Waals surface area (Å²) < 4.78 is 9.71. The van der Waals surface area contributed by atoms with Crippen LogP contribution in [0, 0.1) is 0 Å². The van der Waals surface area contributed by atoms with Crippen molar-refractivity contribution in [1.29, 1.82) is 0 Å². The third-order valence-electron chi connectivity index (χ3n) is 0.160. The Kier molecular flexibility index (Phi) is 2.82. The average molecular weight is 154 g/mol. The second kappa shape index (κ2) is 2.62. The van der Waals surface area contributed by atoms with Gasteiger partial charge in [0.1, 0.15) is 0 Å². The minimum atomic E-state index is -2.37. The summed E-state index contributed by atoms with van der Waals surface area (Å²) in [5.74, 6) is 0. The molecular weight excluding hydrogens is 150 g/mol. The molecule has 0 aliphatic carbocycles. The fraction of sp³-hybridized carbons (Fsp3) is 0. The molecule has 0 aliphatic rings. The van der Waals surface area contributed by atoms with Gasteiger partial charge in [-0.15, -0.1) is 0 Å². The topological polar surface area (TPSA) is 17.1 Å². The number of halogens is 1. The van der Waals surface area contributed by atoms with Crippen LogP contribution in [0.1, 0.15) is 0 Å². The van der Waals surface area contributed by atoms with Crippen LogP contribution in [0.25, 0.3) is 0 Å². The molecule has 30 valence electrons. The maximum atomic E-state index is 9.71. The molecule has 0 spiro atoms. The van der Waals surface area contributed by atoms with E-state index in [1.165, 1.54) is 4.86 Å². The zero-order valence-electron chi connectivity index (χ0n) is 2.57. The van der Waals surface area contributed by atoms with Crippen molar-refractivity contribution < 1.29 is 3.74 Å². The second-order valence-electron chi connectivity index (χ2n) is 0.508. The summed E-state index contributed by atoms with van der Waals surface area (Å²) in [6.45, 7) is 3.19. The van der Waals surface area contributed by atoms with Crippen molar-refractivity contribution in [1.82, 2.24) is 0 Å². The quantitative estimate of drug-likeness (QED) is 0.506. The van der Waals surface area contributed by atoms with Gasteiger partial charge in [-0.3, -0.25) is 0 Å². The van der Waals surface area contributed by atoms with Crippen molar-refractivity contribution in [2.45, 2.75) is 0 Å². The summed E-state index contributed by atoms with van der Waals surface area (Å²) in [5.41, 5.74) is 0. The van der Waals surface area contributed by atoms with Gasteiger partial charge in [0.2, 0.25) is 0 Å². The van der Waals surface area contributed by atoms with Crippen LogP contribution in [0.3, 0.4) is 0 Å². The van der Waals surface area contributed by atoms with Gasteiger partial charge in [-0.05, 0) is 0 Å². The number of hydrogen-bond acceptors (Lipinski definition) is 1. The van der Waals surface area contributed by atoms with Gasteiger partial charge in [0, 0.05) is 0 Å². The molecule has 0 aromatic carbocycles. The first kappa shape index (κ1) is 5.39. The second-order valence-corrected chi connectivity index (χ2v) is 4.58. The van der Waals surface area contributed by atoms with E-state index in [2.05, 4.69) is 6.58 Å². The summed E-state index contributed by atoms with van der Waals surface area (Å²) in [6.07, 6.45) is 0. The Morgan fingerprint density at radius 1 is 2.00 bits per heavy atom. The van der Waals surface area contributed by atoms with Crippen molar-refractivity contribution in [3.8, 4) is 0 Å². The number of hydrogen-bond donors (Lipinski definition) is 0. The standard InChI is InChI=1S/C2H4AsClO/c1-2-3(4)5/h2-3H,1H2. The molecule has 0 amide bonds. The molecule has 1 atom stereocenters. The van der Waals surface area contributed by atoms with Gasteiger partial charge in [-0.1, -0.05) is 0 Å². The molecule has 0 saturated carbocycles. The average Bonchev–Trinajstić information content (AvgIpc) is 1.38. The monoisotopic (exact) mass is 154 g/mol. The molecule has 0 fully saturated rings. The van der Waals surface area contributed by atoms with Crippen molar-refractivity contribution in [3.63, 3.8) is 0 Å². The third-order valence-corrected chi connectivity index (χ3v) is 1.64. The van der Waals surface area contributed by atoms with Gasteiger partial charge >= 0.3 is 38.8 Å². The number of rotatable bonds is 1. The fourth-order valence-corrected chi connectivity index (χ4v) is 0. The van der Waals surface area contributed by atoms with Gasteiger partial charge < -0.3 is 0 Å². The summed E-state index contributed by atoms with van der Waals surface area (Å²) in [5, 5.41) is 0. The summed E-state index contributed by atoms with van der Waals surface area (Å²) in [6, 6.07) is 0. The molecular formula is C2H4AsClO. The molecule has 3 heteroatoms. The van der Waals surface area contributed by atoms with Crippen LogP contribution in [0.15, 0.2) is 11.4 Å². The molecule has 0 heterocycles. The van der Waals surface area contributed by atoms with E-state index in [1.54, 1.807) is 0 Å². The molecule has 0 aromatic heterocycles. The molecule has 0 aliphatic heterocycles. The summed E-state index contributed by atoms with van der Waals surface area (Å²) >= 11 is -2.37. The Labute approximate surface area is 39.3 Å². The van der Waals surface area contributed by atoms with Gasteiger partial charge in [-0.2, -0.15) is 0 Å². The molecule has 0 N–H and O–H groups in total. The van der Waals surface area contributed by atoms with Crippen molar-refractivity contribution in [2.75, 3.05) is 0 Å². The fourth-order valence-electron chi connectivity index (χ4n) is 0. The van der Waals surface area contributed by atoms with Gasteiger partial charge in [-0.25, -0.2) is 0 Å². The molecule has 0 radical (unpaired) electrons. The minimum absolute atomic E-state index is 1.29. The van der Waals surface area contributed by atoms with E-state index in [-0.39, 0.29) is 0 Å². The van der Waals surface area contributed by atoms with E-state index in [1.807, 2.05) is 0 Å². The Hall–Kier alpha value is 0.388. The van der Waals surface area contributed by atoms with Crippen molar-refractivity contribution in [2.24, 2.45) is 0 Å². The van der Waals surface area contributed by atoms with E-state index < -0.39 is 13.6 Å². The Morgan fingerprint density at radius 2 is 2.20 bits per heavy atom. The van der Waals surface area contributed by atoms with Gasteiger partial charge in [0.05, 0.1) is 0 Å². The van der Waals surface area contributed by atoms with Crippen LogP contribution in [-0.4, -0.2) is 13.6 Å². The Bertz CT molecular complexity index is 60.7. The third kappa shape index (κ3) is 4.39. The van der Waals surface area contributed by atoms with Crippen LogP contribution in [0.5, 0.6) is 0 Å². The van der Waals surface area contributed by atoms with Crippen molar-refractivity contribution in [3.05, 3.63) is 11.4 Å².